The van der Waals surface area contributed by atoms with Crippen molar-refractivity contribution < 1.29 is 12.8 Å². The zero-order valence-electron chi connectivity index (χ0n) is 7.39. The number of hydrogen-bond acceptors (Lipinski definition) is 4. The van der Waals surface area contributed by atoms with Gasteiger partial charge in [-0.15, -0.1) is 0 Å². The van der Waals surface area contributed by atoms with Crippen LogP contribution < -0.4 is 0 Å². The minimum atomic E-state index is -3.77. The van der Waals surface area contributed by atoms with Crippen molar-refractivity contribution in [3.8, 4) is 0 Å². The Morgan fingerprint density at radius 3 is 2.44 bits per heavy atom. The van der Waals surface area contributed by atoms with Crippen molar-refractivity contribution in [1.29, 1.82) is 0 Å². The first-order valence-electron chi connectivity index (χ1n) is 3.83. The Kier molecular flexibility index (Phi) is 3.30. The van der Waals surface area contributed by atoms with Gasteiger partial charge < -0.3 is 4.42 Å². The van der Waals surface area contributed by atoms with Gasteiger partial charge in [0.15, 0.2) is 4.73 Å². The van der Waals surface area contributed by atoms with Gasteiger partial charge in [0.05, 0.1) is 6.26 Å². The van der Waals surface area contributed by atoms with E-state index in [1.807, 2.05) is 0 Å². The summed E-state index contributed by atoms with van der Waals surface area (Å²) in [5, 5.41) is -0.154. The van der Waals surface area contributed by atoms with Crippen molar-refractivity contribution in [3.05, 3.63) is 32.3 Å². The monoisotopic (exact) mass is 432 g/mol. The molecule has 2 aromatic heterocycles. The summed E-state index contributed by atoms with van der Waals surface area (Å²) in [6, 6.07) is 2.86. The molecule has 9 heteroatoms. The maximum absolute atomic E-state index is 12.1. The number of halogens is 3. The van der Waals surface area contributed by atoms with Crippen molar-refractivity contribution >= 4 is 57.8 Å². The standard InChI is InChI=1S/C7H3Br3N2O3S/c8-5-6(9)12(7(10)11-5)16(13,14)4-2-1-3-15-4/h1-3H. The Morgan fingerprint density at radius 2 is 2.00 bits per heavy atom. The topological polar surface area (TPSA) is 65.1 Å². The van der Waals surface area contributed by atoms with Crippen LogP contribution in [0, 0.1) is 0 Å². The number of furan rings is 1. The summed E-state index contributed by atoms with van der Waals surface area (Å²) in [6.45, 7) is 0. The molecule has 0 atom stereocenters. The Balaban J connectivity index is 2.70. The summed E-state index contributed by atoms with van der Waals surface area (Å²) in [7, 11) is -3.77. The summed E-state index contributed by atoms with van der Waals surface area (Å²) < 4.78 is 30.9. The zero-order chi connectivity index (χ0) is 11.9. The van der Waals surface area contributed by atoms with Crippen molar-refractivity contribution in [2.24, 2.45) is 0 Å². The van der Waals surface area contributed by atoms with Gasteiger partial charge in [0.25, 0.3) is 0 Å². The molecule has 0 fully saturated rings. The molecule has 0 saturated heterocycles. The van der Waals surface area contributed by atoms with E-state index in [-0.39, 0.29) is 14.4 Å². The van der Waals surface area contributed by atoms with E-state index >= 15 is 0 Å². The van der Waals surface area contributed by atoms with Crippen LogP contribution in [0.4, 0.5) is 0 Å². The quantitative estimate of drug-likeness (QED) is 0.728. The Hall–Kier alpha value is -0.120. The lowest BCUT2D eigenvalue weighted by Crippen LogP contribution is -2.12. The lowest BCUT2D eigenvalue weighted by atomic mass is 10.7. The van der Waals surface area contributed by atoms with Gasteiger partial charge in [0, 0.05) is 0 Å². The van der Waals surface area contributed by atoms with Crippen LogP contribution in [0.3, 0.4) is 0 Å². The van der Waals surface area contributed by atoms with Crippen LogP contribution in [0.1, 0.15) is 0 Å². The van der Waals surface area contributed by atoms with Crippen LogP contribution in [0.15, 0.2) is 41.8 Å². The van der Waals surface area contributed by atoms with Gasteiger partial charge in [-0.25, -0.2) is 4.98 Å². The third-order valence-electron chi connectivity index (χ3n) is 1.70. The molecule has 0 aromatic carbocycles. The normalized spacial score (nSPS) is 11.9. The van der Waals surface area contributed by atoms with E-state index in [9.17, 15) is 8.42 Å². The van der Waals surface area contributed by atoms with Gasteiger partial charge in [-0.2, -0.15) is 12.4 Å². The lowest BCUT2D eigenvalue weighted by Gasteiger charge is -2.04. The summed E-state index contributed by atoms with van der Waals surface area (Å²) in [4.78, 5) is 3.92. The van der Waals surface area contributed by atoms with Crippen molar-refractivity contribution in [3.63, 3.8) is 0 Å². The van der Waals surface area contributed by atoms with Gasteiger partial charge in [0.1, 0.15) is 9.21 Å². The molecule has 86 valence electrons. The molecule has 0 radical (unpaired) electrons. The van der Waals surface area contributed by atoms with Crippen LogP contribution in [-0.2, 0) is 10.0 Å². The molecular weight excluding hydrogens is 432 g/mol. The third kappa shape index (κ3) is 1.89. The summed E-state index contributed by atoms with van der Waals surface area (Å²) in [5.74, 6) is 0. The Morgan fingerprint density at radius 1 is 1.31 bits per heavy atom. The van der Waals surface area contributed by atoms with E-state index in [0.717, 1.165) is 3.97 Å². The Bertz CT molecular complexity index is 618. The number of rotatable bonds is 2. The van der Waals surface area contributed by atoms with Crippen LogP contribution in [0.5, 0.6) is 0 Å². The molecule has 0 spiro atoms. The molecule has 0 saturated carbocycles. The molecule has 0 aliphatic heterocycles. The number of hydrogen-bond donors (Lipinski definition) is 0. The average Bonchev–Trinajstić information content (AvgIpc) is 2.76. The molecule has 2 aromatic rings. The second-order valence-corrected chi connectivity index (χ2v) is 6.59. The summed E-state index contributed by atoms with van der Waals surface area (Å²) >= 11 is 9.30. The minimum absolute atomic E-state index is 0.154. The molecule has 0 amide bonds. The SMILES string of the molecule is O=S(=O)(c1ccco1)n1c(Br)nc(Br)c1Br. The van der Waals surface area contributed by atoms with Crippen molar-refractivity contribution in [1.82, 2.24) is 8.96 Å². The highest BCUT2D eigenvalue weighted by Crippen LogP contribution is 2.30. The van der Waals surface area contributed by atoms with E-state index in [1.54, 1.807) is 0 Å². The first-order chi connectivity index (χ1) is 7.44. The van der Waals surface area contributed by atoms with E-state index in [2.05, 4.69) is 52.8 Å². The molecule has 0 bridgehead atoms. The molecule has 0 aliphatic carbocycles. The first-order valence-corrected chi connectivity index (χ1v) is 7.65. The second-order valence-electron chi connectivity index (χ2n) is 2.66. The number of imidazole rings is 1. The molecule has 2 heterocycles. The van der Waals surface area contributed by atoms with Crippen LogP contribution in [0.25, 0.3) is 0 Å². The van der Waals surface area contributed by atoms with Crippen LogP contribution >= 0.6 is 47.8 Å². The highest BCUT2D eigenvalue weighted by Gasteiger charge is 2.27. The summed E-state index contributed by atoms with van der Waals surface area (Å²) in [5.41, 5.74) is 0. The second kappa shape index (κ2) is 4.28. The molecule has 5 nitrogen and oxygen atoms in total. The predicted octanol–water partition coefficient (Wildman–Crippen LogP) is 3.00. The van der Waals surface area contributed by atoms with Gasteiger partial charge in [-0.3, -0.25) is 0 Å². The van der Waals surface area contributed by atoms with Gasteiger partial charge in [0.2, 0.25) is 5.09 Å². The number of nitrogens with zero attached hydrogens (tertiary/aromatic N) is 2. The average molecular weight is 435 g/mol. The molecule has 2 rings (SSSR count). The maximum atomic E-state index is 12.1. The van der Waals surface area contributed by atoms with E-state index in [0.29, 0.717) is 4.60 Å². The molecule has 0 unspecified atom stereocenters. The Labute approximate surface area is 116 Å². The largest absolute Gasteiger partial charge is 0.451 e. The number of aromatic nitrogens is 2. The molecule has 16 heavy (non-hydrogen) atoms. The van der Waals surface area contributed by atoms with Crippen molar-refractivity contribution in [2.45, 2.75) is 5.09 Å². The highest BCUT2D eigenvalue weighted by molar-refractivity contribution is 9.13. The van der Waals surface area contributed by atoms with Gasteiger partial charge in [-0.05, 0) is 59.9 Å². The fourth-order valence-electron chi connectivity index (χ4n) is 1.04. The van der Waals surface area contributed by atoms with E-state index < -0.39 is 10.0 Å². The van der Waals surface area contributed by atoms with E-state index in [1.165, 1.54) is 18.4 Å². The minimum Gasteiger partial charge on any atom is -0.451 e. The third-order valence-corrected chi connectivity index (χ3v) is 6.09. The first kappa shape index (κ1) is 12.3. The van der Waals surface area contributed by atoms with Gasteiger partial charge in [-0.1, -0.05) is 0 Å². The smallest absolute Gasteiger partial charge is 0.304 e. The highest BCUT2D eigenvalue weighted by atomic mass is 79.9. The lowest BCUT2D eigenvalue weighted by molar-refractivity contribution is 0.446. The van der Waals surface area contributed by atoms with Gasteiger partial charge >= 0.3 is 10.0 Å². The molecular formula is C7H3Br3N2O3S. The van der Waals surface area contributed by atoms with Crippen molar-refractivity contribution in [2.75, 3.05) is 0 Å². The molecule has 0 N–H and O–H groups in total. The fourth-order valence-corrected chi connectivity index (χ4v) is 4.88. The van der Waals surface area contributed by atoms with E-state index in [4.69, 9.17) is 4.42 Å². The zero-order valence-corrected chi connectivity index (χ0v) is 13.0. The fraction of sp³-hybridized carbons (Fsp3) is 0. The van der Waals surface area contributed by atoms with Crippen LogP contribution in [-0.4, -0.2) is 17.4 Å². The maximum Gasteiger partial charge on any atom is 0.304 e. The predicted molar refractivity (Wildman–Crippen MR) is 66.6 cm³/mol. The van der Waals surface area contributed by atoms with Crippen LogP contribution in [0.2, 0.25) is 0 Å². The molecule has 0 aliphatic rings. The summed E-state index contributed by atoms with van der Waals surface area (Å²) in [6.07, 6.45) is 1.29.